The fraction of sp³-hybridized carbons (Fsp3) is 0.772. The van der Waals surface area contributed by atoms with Crippen molar-refractivity contribution >= 4 is 64.4 Å². The number of unbranched alkanes of at least 4 members (excludes halogenated alkanes) is 6. The van der Waals surface area contributed by atoms with Crippen molar-refractivity contribution in [2.24, 2.45) is 45.9 Å². The number of ether oxygens (including phenoxy) is 2. The summed E-state index contributed by atoms with van der Waals surface area (Å²) in [5.41, 5.74) is 47.0. The van der Waals surface area contributed by atoms with E-state index in [1.165, 1.54) is 0 Å². The van der Waals surface area contributed by atoms with Gasteiger partial charge in [0.05, 0.1) is 13.2 Å². The maximum Gasteiger partial charge on any atom is 0.320 e. The molecule has 0 radical (unpaired) electrons. The van der Waals surface area contributed by atoms with Crippen LogP contribution in [0.2, 0.25) is 0 Å². The zero-order chi connectivity index (χ0) is 66.0. The Morgan fingerprint density at radius 2 is 0.774 bits per heavy atom. The van der Waals surface area contributed by atoms with Crippen LogP contribution in [0.5, 0.6) is 0 Å². The topological polar surface area (TPSA) is 570 Å². The minimum absolute atomic E-state index is 0.0251. The van der Waals surface area contributed by atoms with Crippen LogP contribution < -0.4 is 45.9 Å². The highest BCUT2D eigenvalue weighted by molar-refractivity contribution is 5.83. The van der Waals surface area contributed by atoms with Gasteiger partial charge in [0.1, 0.15) is 36.3 Å². The van der Waals surface area contributed by atoms with E-state index in [9.17, 15) is 28.8 Å². The summed E-state index contributed by atoms with van der Waals surface area (Å²) in [5, 5.41) is 87.8. The van der Waals surface area contributed by atoms with Gasteiger partial charge in [0.15, 0.2) is 0 Å². The van der Waals surface area contributed by atoms with Crippen molar-refractivity contribution in [2.45, 2.75) is 250 Å². The molecule has 0 aliphatic carbocycles. The molecule has 0 heterocycles. The molecule has 0 aliphatic heterocycles. The lowest BCUT2D eigenvalue weighted by molar-refractivity contribution is -0.139. The van der Waals surface area contributed by atoms with Gasteiger partial charge in [-0.2, -0.15) is 0 Å². The Morgan fingerprint density at radius 1 is 0.405 bits per heavy atom. The molecular formula is C57H115N13O14. The van der Waals surface area contributed by atoms with E-state index < -0.39 is 72.1 Å². The van der Waals surface area contributed by atoms with Crippen LogP contribution >= 0.6 is 0 Å². The molecular weight excluding hydrogens is 1090 g/mol. The number of rotatable bonds is 47. The first-order valence-electron chi connectivity index (χ1n) is 29.2. The number of carboxylic acids is 6. The van der Waals surface area contributed by atoms with E-state index in [0.29, 0.717) is 114 Å². The molecule has 0 saturated heterocycles. The third-order valence-electron chi connectivity index (χ3n) is 11.8. The van der Waals surface area contributed by atoms with Crippen molar-refractivity contribution in [3.05, 3.63) is 12.2 Å². The number of aliphatic carboxylic acids is 6. The van der Waals surface area contributed by atoms with Crippen LogP contribution in [0.25, 0.3) is 0 Å². The second kappa shape index (κ2) is 62.1. The molecule has 0 rings (SSSR count). The van der Waals surface area contributed by atoms with Crippen molar-refractivity contribution in [2.75, 3.05) is 33.0 Å². The lowest BCUT2D eigenvalue weighted by Crippen LogP contribution is -2.32. The number of carbonyl (C=O) groups is 6. The highest BCUT2D eigenvalue weighted by Gasteiger charge is 2.15. The van der Waals surface area contributed by atoms with Crippen LogP contribution in [-0.4, -0.2) is 170 Å². The largest absolute Gasteiger partial charge is 0.480 e. The molecule has 7 unspecified atom stereocenters. The van der Waals surface area contributed by atoms with Gasteiger partial charge in [0, 0.05) is 54.2 Å². The van der Waals surface area contributed by atoms with Crippen molar-refractivity contribution in [1.82, 2.24) is 0 Å². The molecule has 0 aromatic heterocycles. The Bertz CT molecular complexity index is 1830. The van der Waals surface area contributed by atoms with Crippen LogP contribution in [0.4, 0.5) is 0 Å². The van der Waals surface area contributed by atoms with Gasteiger partial charge in [-0.25, -0.2) is 0 Å². The third-order valence-corrected chi connectivity index (χ3v) is 11.8. The first-order chi connectivity index (χ1) is 39.3. The van der Waals surface area contributed by atoms with Gasteiger partial charge < -0.3 is 113 Å². The first-order valence-corrected chi connectivity index (χ1v) is 29.2. The number of hydrogen-bond acceptors (Lipinski definition) is 21. The molecule has 0 saturated carbocycles. The van der Waals surface area contributed by atoms with Gasteiger partial charge >= 0.3 is 35.8 Å². The molecule has 27 nitrogen and oxygen atoms in total. The molecule has 0 aromatic carbocycles. The van der Waals surface area contributed by atoms with Gasteiger partial charge in [0.25, 0.3) is 0 Å². The van der Waals surface area contributed by atoms with Crippen LogP contribution in [0.15, 0.2) is 12.2 Å². The average Bonchev–Trinajstić information content (AvgIpc) is 3.42. The van der Waals surface area contributed by atoms with E-state index in [-0.39, 0.29) is 6.04 Å². The van der Waals surface area contributed by atoms with Gasteiger partial charge in [-0.1, -0.05) is 77.7 Å². The van der Waals surface area contributed by atoms with E-state index in [1.54, 1.807) is 6.92 Å². The smallest absolute Gasteiger partial charge is 0.320 e. The minimum Gasteiger partial charge on any atom is -0.480 e. The summed E-state index contributed by atoms with van der Waals surface area (Å²) in [5.74, 6) is -5.78. The maximum absolute atomic E-state index is 10.4. The van der Waals surface area contributed by atoms with Gasteiger partial charge in [-0.15, -0.1) is 6.58 Å². The molecule has 0 spiro atoms. The number of carboxylic acid groups (broad SMARTS) is 6. The number of nitrogens with two attached hydrogens (primary N) is 8. The summed E-state index contributed by atoms with van der Waals surface area (Å²) in [6, 6.07) is -4.72. The summed E-state index contributed by atoms with van der Waals surface area (Å²) >= 11 is 0. The highest BCUT2D eigenvalue weighted by atomic mass is 16.5. The maximum atomic E-state index is 10.4. The predicted octanol–water partition coefficient (Wildman–Crippen LogP) is 6.00. The summed E-state index contributed by atoms with van der Waals surface area (Å²) in [6.07, 6.45) is 19.9. The molecule has 0 aliphatic rings. The molecule has 27 N–H and O–H groups in total. The van der Waals surface area contributed by atoms with Gasteiger partial charge in [-0.05, 0) is 136 Å². The number of nitrogens with one attached hydrogen (secondary N) is 5. The Labute approximate surface area is 500 Å². The number of hydrogen-bond donors (Lipinski definition) is 19. The standard InChI is InChI=1S/C11H22N2O2.2C10H20N2O3.C10H20N2O2.C9H18N2O2.C7H15N3O2/c1-2-9(12)7-5-3-4-6-8-10(13)11(14)15;1-8(11)7-15-6-4-2-3-5-9(12)10(13)14;1-2-3-8(11)4-6-15-7-5-9(12)10(13)14;1-2-5-8(11)6-3-4-7-9(12)10(13)14;1-6(2)5-7(10)3-4-8(11)9(12)13;8-4-3-5(9)1-2-6(10)7(11)12/h10,12H,2-8,13H2,1H3,(H,14,15);2*9,11H,2-7,12H2,1H3,(H,13,14);9,11H,2-7,12H2,1H3,(H,13,14);7-8H,1,3-5,10-11H2,2H3,(H,12,13);6,9H,1-4,8,10H2,(H,11,12). The summed E-state index contributed by atoms with van der Waals surface area (Å²) in [4.78, 5) is 62.1. The van der Waals surface area contributed by atoms with E-state index in [4.69, 9.17) is 113 Å². The Hall–Kier alpha value is -5.49. The fourth-order valence-electron chi connectivity index (χ4n) is 6.58. The quantitative estimate of drug-likeness (QED) is 0.0189. The lowest BCUT2D eigenvalue weighted by atomic mass is 10.0. The summed E-state index contributed by atoms with van der Waals surface area (Å²) in [6.45, 7) is 15.7. The molecule has 492 valence electrons. The monoisotopic (exact) mass is 1210 g/mol. The molecule has 0 fully saturated rings. The van der Waals surface area contributed by atoms with Gasteiger partial charge in [-0.3, -0.25) is 28.8 Å². The highest BCUT2D eigenvalue weighted by Crippen LogP contribution is 2.10. The predicted molar refractivity (Wildman–Crippen MR) is 333 cm³/mol. The average molecular weight is 1210 g/mol. The minimum atomic E-state index is -1.02. The Morgan fingerprint density at radius 3 is 1.19 bits per heavy atom. The van der Waals surface area contributed by atoms with Crippen LogP contribution in [0.1, 0.15) is 208 Å². The zero-order valence-corrected chi connectivity index (χ0v) is 51.4. The normalized spacial score (nSPS) is 12.8. The van der Waals surface area contributed by atoms with E-state index in [1.807, 2.05) is 20.8 Å². The second-order valence-corrected chi connectivity index (χ2v) is 20.5. The summed E-state index contributed by atoms with van der Waals surface area (Å²) < 4.78 is 10.4. The molecule has 0 aromatic rings. The molecule has 27 heteroatoms. The van der Waals surface area contributed by atoms with Crippen molar-refractivity contribution in [3.8, 4) is 0 Å². The van der Waals surface area contributed by atoms with E-state index in [2.05, 4.69) is 13.5 Å². The second-order valence-electron chi connectivity index (χ2n) is 20.5. The van der Waals surface area contributed by atoms with Gasteiger partial charge in [0.2, 0.25) is 0 Å². The van der Waals surface area contributed by atoms with Crippen molar-refractivity contribution in [1.29, 1.82) is 27.0 Å². The van der Waals surface area contributed by atoms with Crippen molar-refractivity contribution < 1.29 is 68.9 Å². The molecule has 84 heavy (non-hydrogen) atoms. The fourth-order valence-corrected chi connectivity index (χ4v) is 6.58. The summed E-state index contributed by atoms with van der Waals surface area (Å²) in [7, 11) is 0. The molecule has 0 amide bonds. The Kier molecular flexibility index (Phi) is 66.3. The SMILES string of the molecule is C=C(C)CC(N)CCC(N)C(=O)O.CC(=N)COCCCCCC(N)C(=O)O.CCC(=N)CCCCCCC(N)C(=O)O.CCCC(=N)CCCCC(N)C(=O)O.CCCC(=N)CCOCCC(N)C(=O)O.N=C(CCN)CCC(N)C(=O)O. The van der Waals surface area contributed by atoms with Crippen LogP contribution in [0, 0.1) is 27.0 Å². The van der Waals surface area contributed by atoms with Crippen molar-refractivity contribution in [3.63, 3.8) is 0 Å². The van der Waals surface area contributed by atoms with E-state index in [0.717, 1.165) is 126 Å². The Balaban J connectivity index is -0.000000218. The molecule has 7 atom stereocenters. The van der Waals surface area contributed by atoms with E-state index >= 15 is 0 Å². The third kappa shape index (κ3) is 72.6. The first kappa shape index (κ1) is 89.7. The molecule has 0 bridgehead atoms. The van der Waals surface area contributed by atoms with Crippen LogP contribution in [-0.2, 0) is 38.2 Å². The lowest BCUT2D eigenvalue weighted by Gasteiger charge is -2.12. The zero-order valence-electron chi connectivity index (χ0n) is 51.4. The van der Waals surface area contributed by atoms with Crippen LogP contribution in [0.3, 0.4) is 0 Å².